The highest BCUT2D eigenvalue weighted by molar-refractivity contribution is 6.12. The Morgan fingerprint density at radius 1 is 1.03 bits per heavy atom. The Bertz CT molecular complexity index is 1140. The van der Waals surface area contributed by atoms with Gasteiger partial charge in [-0.15, -0.1) is 0 Å². The van der Waals surface area contributed by atoms with E-state index in [9.17, 15) is 9.59 Å². The summed E-state index contributed by atoms with van der Waals surface area (Å²) in [6, 6.07) is 21.8. The number of nitrogens with one attached hydrogen (secondary N) is 2. The van der Waals surface area contributed by atoms with Crippen LogP contribution in [0.3, 0.4) is 0 Å². The van der Waals surface area contributed by atoms with Gasteiger partial charge in [0.05, 0.1) is 6.42 Å². The lowest BCUT2D eigenvalue weighted by molar-refractivity contribution is -0.131. The average Bonchev–Trinajstić information content (AvgIpc) is 3.26. The van der Waals surface area contributed by atoms with Gasteiger partial charge in [-0.05, 0) is 47.6 Å². The Morgan fingerprint density at radius 3 is 2.62 bits per heavy atom. The van der Waals surface area contributed by atoms with E-state index in [1.165, 1.54) is 0 Å². The molecule has 3 N–H and O–H groups in total. The number of aryl methyl sites for hydroxylation is 1. The van der Waals surface area contributed by atoms with Crippen molar-refractivity contribution in [2.24, 2.45) is 0 Å². The lowest BCUT2D eigenvalue weighted by Gasteiger charge is -2.25. The molecular weight excluding hydrogens is 402 g/mol. The van der Waals surface area contributed by atoms with Crippen LogP contribution >= 0.6 is 0 Å². The molecule has 0 spiro atoms. The van der Waals surface area contributed by atoms with Crippen LogP contribution < -0.4 is 5.32 Å². The number of rotatable bonds is 6. The summed E-state index contributed by atoms with van der Waals surface area (Å²) >= 11 is 0. The van der Waals surface area contributed by atoms with Gasteiger partial charge in [-0.25, -0.2) is 4.79 Å². The normalized spacial score (nSPS) is 15.6. The zero-order valence-corrected chi connectivity index (χ0v) is 17.9. The molecular formula is C26H27N3O3. The fourth-order valence-corrected chi connectivity index (χ4v) is 4.54. The topological polar surface area (TPSA) is 93.5 Å². The lowest BCUT2D eigenvalue weighted by atomic mass is 9.97. The molecule has 1 heterocycles. The second kappa shape index (κ2) is 9.64. The number of hydrogen-bond acceptors (Lipinski definition) is 3. The van der Waals surface area contributed by atoms with E-state index in [0.29, 0.717) is 12.0 Å². The van der Waals surface area contributed by atoms with Crippen LogP contribution in [0.4, 0.5) is 4.79 Å². The number of benzene rings is 3. The second-order valence-corrected chi connectivity index (χ2v) is 8.25. The number of carboxylic acid groups (broad SMARTS) is 1. The maximum absolute atomic E-state index is 12.9. The summed E-state index contributed by atoms with van der Waals surface area (Å²) in [7, 11) is 0. The predicted molar refractivity (Wildman–Crippen MR) is 125 cm³/mol. The molecule has 0 unspecified atom stereocenters. The van der Waals surface area contributed by atoms with Crippen LogP contribution in [0.5, 0.6) is 0 Å². The molecule has 1 saturated heterocycles. The number of fused-ring (bicyclic) bond motifs is 1. The van der Waals surface area contributed by atoms with Gasteiger partial charge in [0.2, 0.25) is 5.91 Å². The smallest absolute Gasteiger partial charge is 0.410 e. The fraction of sp³-hybridized carbons (Fsp3) is 0.269. The van der Waals surface area contributed by atoms with Crippen molar-refractivity contribution >= 4 is 28.6 Å². The molecule has 0 aliphatic carbocycles. The standard InChI is InChI=1S/C26H27N3O3/c27-25(28-26(31)32)22-10-4-8-20-13-11-19(16-23(20)22)12-14-21-9-5-15-29(21)24(30)17-18-6-2-1-3-7-18/h1-4,6-8,10-11,13,16,21H,5,9,12,14-15,17H2,(H2,27,28)(H,31,32)/t21-/m1/s1. The molecule has 2 amide bonds. The van der Waals surface area contributed by atoms with E-state index in [2.05, 4.69) is 11.4 Å². The van der Waals surface area contributed by atoms with Crippen molar-refractivity contribution in [1.82, 2.24) is 10.2 Å². The van der Waals surface area contributed by atoms with Crippen LogP contribution in [0.2, 0.25) is 0 Å². The summed E-state index contributed by atoms with van der Waals surface area (Å²) in [4.78, 5) is 25.9. The number of nitrogens with zero attached hydrogens (tertiary/aromatic N) is 1. The van der Waals surface area contributed by atoms with E-state index in [1.54, 1.807) is 6.07 Å². The molecule has 6 heteroatoms. The summed E-state index contributed by atoms with van der Waals surface area (Å²) in [6.07, 6.45) is 2.96. The van der Waals surface area contributed by atoms with Crippen LogP contribution in [0, 0.1) is 5.41 Å². The summed E-state index contributed by atoms with van der Waals surface area (Å²) < 4.78 is 0. The third kappa shape index (κ3) is 4.97. The molecule has 4 rings (SSSR count). The van der Waals surface area contributed by atoms with Crippen molar-refractivity contribution in [3.63, 3.8) is 0 Å². The molecule has 0 bridgehead atoms. The third-order valence-electron chi connectivity index (χ3n) is 6.11. The minimum atomic E-state index is -1.25. The summed E-state index contributed by atoms with van der Waals surface area (Å²) in [5.41, 5.74) is 2.73. The van der Waals surface area contributed by atoms with E-state index < -0.39 is 6.09 Å². The number of carbonyl (C=O) groups is 2. The molecule has 0 radical (unpaired) electrons. The Labute approximate surface area is 187 Å². The summed E-state index contributed by atoms with van der Waals surface area (Å²) in [6.45, 7) is 0.816. The first-order valence-corrected chi connectivity index (χ1v) is 10.9. The predicted octanol–water partition coefficient (Wildman–Crippen LogP) is 4.60. The maximum atomic E-state index is 12.9. The molecule has 3 aromatic carbocycles. The zero-order chi connectivity index (χ0) is 22.5. The third-order valence-corrected chi connectivity index (χ3v) is 6.11. The molecule has 0 saturated carbocycles. The van der Waals surface area contributed by atoms with Gasteiger partial charge in [0.25, 0.3) is 0 Å². The zero-order valence-electron chi connectivity index (χ0n) is 17.9. The summed E-state index contributed by atoms with van der Waals surface area (Å²) in [5.74, 6) is 0.0569. The Balaban J connectivity index is 1.45. The van der Waals surface area contributed by atoms with Crippen molar-refractivity contribution in [3.05, 3.63) is 83.4 Å². The maximum Gasteiger partial charge on any atom is 0.410 e. The van der Waals surface area contributed by atoms with Gasteiger partial charge < -0.3 is 10.0 Å². The first kappa shape index (κ1) is 21.6. The van der Waals surface area contributed by atoms with Crippen molar-refractivity contribution in [2.75, 3.05) is 6.54 Å². The number of carbonyl (C=O) groups excluding carboxylic acids is 1. The van der Waals surface area contributed by atoms with Gasteiger partial charge in [0.15, 0.2) is 0 Å². The molecule has 1 atom stereocenters. The van der Waals surface area contributed by atoms with Gasteiger partial charge in [0, 0.05) is 18.2 Å². The molecule has 6 nitrogen and oxygen atoms in total. The van der Waals surface area contributed by atoms with Crippen LogP contribution in [0.25, 0.3) is 10.8 Å². The molecule has 1 aliphatic rings. The van der Waals surface area contributed by atoms with Crippen LogP contribution in [0.1, 0.15) is 36.0 Å². The molecule has 0 aromatic heterocycles. The molecule has 1 fully saturated rings. The minimum Gasteiger partial charge on any atom is -0.465 e. The number of amides is 2. The highest BCUT2D eigenvalue weighted by Crippen LogP contribution is 2.25. The van der Waals surface area contributed by atoms with Gasteiger partial charge in [-0.3, -0.25) is 15.5 Å². The molecule has 32 heavy (non-hydrogen) atoms. The highest BCUT2D eigenvalue weighted by atomic mass is 16.4. The van der Waals surface area contributed by atoms with Crippen LogP contribution in [-0.4, -0.2) is 40.4 Å². The van der Waals surface area contributed by atoms with E-state index in [-0.39, 0.29) is 17.8 Å². The SMILES string of the molecule is N=C(NC(=O)O)c1cccc2ccc(CC[C@H]3CCCN3C(=O)Cc3ccccc3)cc12. The van der Waals surface area contributed by atoms with Crippen LogP contribution in [0.15, 0.2) is 66.7 Å². The fourth-order valence-electron chi connectivity index (χ4n) is 4.54. The van der Waals surface area contributed by atoms with E-state index in [0.717, 1.165) is 54.1 Å². The minimum absolute atomic E-state index is 0.131. The Hall–Kier alpha value is -3.67. The number of hydrogen-bond donors (Lipinski definition) is 3. The van der Waals surface area contributed by atoms with Gasteiger partial charge in [-0.2, -0.15) is 0 Å². The van der Waals surface area contributed by atoms with Gasteiger partial charge in [0.1, 0.15) is 5.84 Å². The second-order valence-electron chi connectivity index (χ2n) is 8.25. The quantitative estimate of drug-likeness (QED) is 0.395. The number of likely N-dealkylation sites (tertiary alicyclic amines) is 1. The first-order valence-electron chi connectivity index (χ1n) is 10.9. The Morgan fingerprint density at radius 2 is 1.84 bits per heavy atom. The van der Waals surface area contributed by atoms with E-state index >= 15 is 0 Å². The highest BCUT2D eigenvalue weighted by Gasteiger charge is 2.28. The van der Waals surface area contributed by atoms with Crippen LogP contribution in [-0.2, 0) is 17.6 Å². The van der Waals surface area contributed by atoms with Crippen molar-refractivity contribution in [2.45, 2.75) is 38.1 Å². The average molecular weight is 430 g/mol. The molecule has 164 valence electrons. The largest absolute Gasteiger partial charge is 0.465 e. The molecule has 1 aliphatic heterocycles. The summed E-state index contributed by atoms with van der Waals surface area (Å²) in [5, 5.41) is 21.0. The van der Waals surface area contributed by atoms with E-state index in [4.69, 9.17) is 10.5 Å². The van der Waals surface area contributed by atoms with Crippen molar-refractivity contribution in [1.29, 1.82) is 5.41 Å². The van der Waals surface area contributed by atoms with Gasteiger partial charge >= 0.3 is 6.09 Å². The Kier molecular flexibility index (Phi) is 6.50. The van der Waals surface area contributed by atoms with Gasteiger partial charge in [-0.1, -0.05) is 66.7 Å². The first-order chi connectivity index (χ1) is 15.5. The number of amidine groups is 1. The molecule has 3 aromatic rings. The van der Waals surface area contributed by atoms with Crippen molar-refractivity contribution < 1.29 is 14.7 Å². The van der Waals surface area contributed by atoms with E-state index in [1.807, 2.05) is 59.5 Å². The lowest BCUT2D eigenvalue weighted by Crippen LogP contribution is -2.36. The van der Waals surface area contributed by atoms with Crippen molar-refractivity contribution in [3.8, 4) is 0 Å². The monoisotopic (exact) mass is 429 g/mol.